The van der Waals surface area contributed by atoms with Crippen molar-refractivity contribution in [1.82, 2.24) is 10.3 Å². The summed E-state index contributed by atoms with van der Waals surface area (Å²) in [6.07, 6.45) is -3.69. The second kappa shape index (κ2) is 2.30. The van der Waals surface area contributed by atoms with E-state index in [1.54, 1.807) is 0 Å². The van der Waals surface area contributed by atoms with E-state index >= 15 is 0 Å². The maximum Gasteiger partial charge on any atom is 0.488 e. The van der Waals surface area contributed by atoms with Gasteiger partial charge in [-0.15, -0.1) is 13.2 Å². The fourth-order valence-electron chi connectivity index (χ4n) is 0.472. The highest BCUT2D eigenvalue weighted by Gasteiger charge is 2.41. The van der Waals surface area contributed by atoms with Gasteiger partial charge in [-0.3, -0.25) is 5.43 Å². The van der Waals surface area contributed by atoms with Gasteiger partial charge in [-0.25, -0.2) is 4.90 Å². The number of hydrogen-bond acceptors (Lipinski definition) is 3. The molecule has 0 fully saturated rings. The average molecular weight is 218 g/mol. The van der Waals surface area contributed by atoms with E-state index in [1.165, 1.54) is 0 Å². The number of hydrogen-bond donors (Lipinski definition) is 1. The van der Waals surface area contributed by atoms with Crippen LogP contribution in [0.1, 0.15) is 0 Å². The SMILES string of the molecule is FC(F)(F)N1C=NNC1Br. The van der Waals surface area contributed by atoms with Crippen LogP contribution in [0.3, 0.4) is 0 Å². The Hall–Kier alpha value is -0.460. The molecule has 0 spiro atoms. The van der Waals surface area contributed by atoms with Crippen LogP contribution in [0.2, 0.25) is 0 Å². The quantitative estimate of drug-likeness (QED) is 0.485. The van der Waals surface area contributed by atoms with Crippen molar-refractivity contribution >= 4 is 22.3 Å². The zero-order chi connectivity index (χ0) is 7.78. The molecule has 58 valence electrons. The lowest BCUT2D eigenvalue weighted by Crippen LogP contribution is -2.42. The molecular formula is C3H3BrF3N3. The molecule has 1 atom stereocenters. The van der Waals surface area contributed by atoms with Crippen LogP contribution in [0.15, 0.2) is 5.10 Å². The summed E-state index contributed by atoms with van der Waals surface area (Å²) in [5.74, 6) is 0. The fourth-order valence-corrected chi connectivity index (χ4v) is 0.928. The molecule has 0 aromatic rings. The van der Waals surface area contributed by atoms with E-state index in [2.05, 4.69) is 26.5 Å². The van der Waals surface area contributed by atoms with Crippen LogP contribution in [0.4, 0.5) is 13.2 Å². The average Bonchev–Trinajstić information content (AvgIpc) is 2.11. The molecule has 0 saturated carbocycles. The number of nitrogens with one attached hydrogen (secondary N) is 1. The Labute approximate surface area is 63.0 Å². The molecule has 10 heavy (non-hydrogen) atoms. The van der Waals surface area contributed by atoms with E-state index in [1.807, 2.05) is 0 Å². The third-order valence-corrected chi connectivity index (χ3v) is 1.55. The normalized spacial score (nSPS) is 25.2. The zero-order valence-corrected chi connectivity index (χ0v) is 6.15. The Morgan fingerprint density at radius 3 is 2.40 bits per heavy atom. The summed E-state index contributed by atoms with van der Waals surface area (Å²) in [6.45, 7) is 0. The Morgan fingerprint density at radius 1 is 1.60 bits per heavy atom. The standard InChI is InChI=1S/C3H3BrF3N3/c4-2-9-8-1-10(2)3(5,6)7/h1-2,9H. The van der Waals surface area contributed by atoms with Gasteiger partial charge in [-0.05, 0) is 15.9 Å². The Balaban J connectivity index is 2.64. The predicted octanol–water partition coefficient (Wildman–Crippen LogP) is 1.03. The first kappa shape index (κ1) is 7.64. The van der Waals surface area contributed by atoms with Gasteiger partial charge < -0.3 is 0 Å². The molecule has 0 aliphatic carbocycles. The molecule has 1 rings (SSSR count). The van der Waals surface area contributed by atoms with Gasteiger partial charge in [0.1, 0.15) is 6.34 Å². The Morgan fingerprint density at radius 2 is 2.20 bits per heavy atom. The summed E-state index contributed by atoms with van der Waals surface area (Å²) in [5.41, 5.74) is 2.17. The van der Waals surface area contributed by atoms with E-state index in [0.717, 1.165) is 0 Å². The lowest BCUT2D eigenvalue weighted by Gasteiger charge is -2.20. The van der Waals surface area contributed by atoms with Crippen LogP contribution in [-0.2, 0) is 0 Å². The molecule has 1 N–H and O–H groups in total. The number of rotatable bonds is 0. The molecule has 1 heterocycles. The van der Waals surface area contributed by atoms with Crippen LogP contribution >= 0.6 is 15.9 Å². The van der Waals surface area contributed by atoms with Crippen molar-refractivity contribution in [1.29, 1.82) is 0 Å². The van der Waals surface area contributed by atoms with Gasteiger partial charge in [-0.1, -0.05) is 0 Å². The van der Waals surface area contributed by atoms with E-state index in [4.69, 9.17) is 0 Å². The van der Waals surface area contributed by atoms with E-state index < -0.39 is 11.4 Å². The smallest absolute Gasteiger partial charge is 0.276 e. The van der Waals surface area contributed by atoms with E-state index in [0.29, 0.717) is 6.34 Å². The third-order valence-electron chi connectivity index (χ3n) is 0.900. The summed E-state index contributed by atoms with van der Waals surface area (Å²) < 4.78 is 35.3. The molecule has 0 aromatic carbocycles. The molecule has 0 amide bonds. The second-order valence-corrected chi connectivity index (χ2v) is 2.45. The molecule has 1 aliphatic rings. The maximum absolute atomic E-state index is 11.8. The van der Waals surface area contributed by atoms with E-state index in [-0.39, 0.29) is 4.90 Å². The van der Waals surface area contributed by atoms with Crippen LogP contribution in [0.25, 0.3) is 0 Å². The van der Waals surface area contributed by atoms with Gasteiger partial charge in [0.25, 0.3) is 0 Å². The number of hydrazone groups is 1. The summed E-state index contributed by atoms with van der Waals surface area (Å²) in [6, 6.07) is 0. The van der Waals surface area contributed by atoms with Gasteiger partial charge >= 0.3 is 6.30 Å². The summed E-state index contributed by atoms with van der Waals surface area (Å²) >= 11 is 2.71. The molecule has 0 bridgehead atoms. The molecule has 7 heteroatoms. The minimum Gasteiger partial charge on any atom is -0.276 e. The largest absolute Gasteiger partial charge is 0.488 e. The Bertz CT molecular complexity index is 156. The molecule has 3 nitrogen and oxygen atoms in total. The van der Waals surface area contributed by atoms with Crippen LogP contribution in [0.5, 0.6) is 0 Å². The topological polar surface area (TPSA) is 27.6 Å². The van der Waals surface area contributed by atoms with Gasteiger partial charge in [0.2, 0.25) is 0 Å². The maximum atomic E-state index is 11.8. The van der Waals surface area contributed by atoms with Gasteiger partial charge in [0, 0.05) is 0 Å². The van der Waals surface area contributed by atoms with Crippen molar-refractivity contribution in [3.63, 3.8) is 0 Å². The van der Waals surface area contributed by atoms with Crippen molar-refractivity contribution < 1.29 is 13.2 Å². The molecule has 0 radical (unpaired) electrons. The second-order valence-electron chi connectivity index (χ2n) is 1.58. The molecule has 0 aromatic heterocycles. The van der Waals surface area contributed by atoms with Crippen molar-refractivity contribution in [3.05, 3.63) is 0 Å². The van der Waals surface area contributed by atoms with Crippen molar-refractivity contribution in [3.8, 4) is 0 Å². The van der Waals surface area contributed by atoms with Gasteiger partial charge in [0.15, 0.2) is 5.08 Å². The predicted molar refractivity (Wildman–Crippen MR) is 32.2 cm³/mol. The molecule has 0 saturated heterocycles. The number of halogens is 4. The lowest BCUT2D eigenvalue weighted by atomic mass is 10.8. The molecular weight excluding hydrogens is 215 g/mol. The minimum atomic E-state index is -4.37. The Kier molecular flexibility index (Phi) is 1.76. The number of nitrogens with zero attached hydrogens (tertiary/aromatic N) is 2. The highest BCUT2D eigenvalue weighted by molar-refractivity contribution is 9.09. The molecule has 1 aliphatic heterocycles. The summed E-state index contributed by atoms with van der Waals surface area (Å²) in [5, 5.41) is 2.22. The highest BCUT2D eigenvalue weighted by Crippen LogP contribution is 2.25. The summed E-state index contributed by atoms with van der Waals surface area (Å²) in [7, 11) is 0. The van der Waals surface area contributed by atoms with E-state index in [9.17, 15) is 13.2 Å². The van der Waals surface area contributed by atoms with Gasteiger partial charge in [-0.2, -0.15) is 5.10 Å². The fraction of sp³-hybridized carbons (Fsp3) is 0.667. The van der Waals surface area contributed by atoms with Crippen molar-refractivity contribution in [2.45, 2.75) is 11.4 Å². The van der Waals surface area contributed by atoms with Crippen LogP contribution in [0, 0.1) is 0 Å². The zero-order valence-electron chi connectivity index (χ0n) is 4.56. The van der Waals surface area contributed by atoms with Crippen LogP contribution < -0.4 is 5.43 Å². The first-order chi connectivity index (χ1) is 4.52. The minimum absolute atomic E-state index is 0.104. The lowest BCUT2D eigenvalue weighted by molar-refractivity contribution is -0.217. The third kappa shape index (κ3) is 1.34. The first-order valence-electron chi connectivity index (χ1n) is 2.30. The summed E-state index contributed by atoms with van der Waals surface area (Å²) in [4.78, 5) is 0.104. The van der Waals surface area contributed by atoms with Crippen LogP contribution in [-0.4, -0.2) is 22.6 Å². The molecule has 1 unspecified atom stereocenters. The highest BCUT2D eigenvalue weighted by atomic mass is 79.9. The monoisotopic (exact) mass is 217 g/mol. The van der Waals surface area contributed by atoms with Gasteiger partial charge in [0.05, 0.1) is 0 Å². The van der Waals surface area contributed by atoms with Crippen molar-refractivity contribution in [2.24, 2.45) is 5.10 Å². The van der Waals surface area contributed by atoms with Crippen molar-refractivity contribution in [2.75, 3.05) is 0 Å². The number of alkyl halides is 4. The first-order valence-corrected chi connectivity index (χ1v) is 3.21.